The minimum Gasteiger partial charge on any atom is -0.427 e. The van der Waals surface area contributed by atoms with E-state index < -0.39 is 11.3 Å². The first-order valence-corrected chi connectivity index (χ1v) is 25.0. The molecule has 310 valence electrons. The number of imide groups is 1. The molecule has 4 fully saturated rings. The third-order valence-corrected chi connectivity index (χ3v) is 19.1. The first kappa shape index (κ1) is 38.2. The molecule has 1 saturated heterocycles. The highest BCUT2D eigenvalue weighted by Gasteiger charge is 2.69. The Morgan fingerprint density at radius 3 is 2.51 bits per heavy atom. The smallest absolute Gasteiger partial charge is 0.340 e. The maximum atomic E-state index is 15.1. The summed E-state index contributed by atoms with van der Waals surface area (Å²) in [5, 5.41) is 7.46. The maximum Gasteiger partial charge on any atom is 0.340 e. The molecule has 3 saturated carbocycles. The first-order chi connectivity index (χ1) is 28.8. The second-order valence-electron chi connectivity index (χ2n) is 19.0. The van der Waals surface area contributed by atoms with Crippen molar-refractivity contribution in [1.82, 2.24) is 15.5 Å². The Hall–Kier alpha value is -3.70. The third-order valence-electron chi connectivity index (χ3n) is 16.4. The molecule has 2 amide bonds. The second kappa shape index (κ2) is 14.7. The van der Waals surface area contributed by atoms with Crippen LogP contribution in [0, 0.1) is 46.3 Å². The number of carbonyl (C=O) groups excluding carboxylic acids is 4. The van der Waals surface area contributed by atoms with Gasteiger partial charge in [-0.3, -0.25) is 14.5 Å². The zero-order chi connectivity index (χ0) is 40.0. The summed E-state index contributed by atoms with van der Waals surface area (Å²) in [6.45, 7) is 2.97. The van der Waals surface area contributed by atoms with Crippen molar-refractivity contribution in [3.63, 3.8) is 0 Å². The number of amides is 2. The first-order valence-electron chi connectivity index (χ1n) is 22.6. The van der Waals surface area contributed by atoms with Gasteiger partial charge in [0.05, 0.1) is 11.0 Å². The van der Waals surface area contributed by atoms with Crippen LogP contribution in [0.15, 0.2) is 93.3 Å². The number of fused-ring (bicyclic) bond motifs is 6. The molecule has 59 heavy (non-hydrogen) atoms. The van der Waals surface area contributed by atoms with Gasteiger partial charge >= 0.3 is 11.9 Å². The molecule has 7 atom stereocenters. The highest BCUT2D eigenvalue weighted by atomic mass is 33.1. The Kier molecular flexibility index (Phi) is 9.55. The van der Waals surface area contributed by atoms with Crippen LogP contribution in [0.5, 0.6) is 0 Å². The summed E-state index contributed by atoms with van der Waals surface area (Å²) >= 11 is 0. The van der Waals surface area contributed by atoms with Gasteiger partial charge in [0.15, 0.2) is 0 Å². The number of rotatable bonds is 5. The number of esters is 2. The van der Waals surface area contributed by atoms with E-state index in [4.69, 9.17) is 9.47 Å². The Bertz CT molecular complexity index is 2140. The second-order valence-corrected chi connectivity index (χ2v) is 21.6. The van der Waals surface area contributed by atoms with Gasteiger partial charge in [0.1, 0.15) is 22.7 Å². The fourth-order valence-corrected chi connectivity index (χ4v) is 16.3. The molecule has 9 nitrogen and oxygen atoms in total. The molecule has 13 rings (SSSR count). The van der Waals surface area contributed by atoms with Crippen LogP contribution in [-0.2, 0) is 28.7 Å². The van der Waals surface area contributed by atoms with Crippen molar-refractivity contribution < 1.29 is 28.7 Å². The van der Waals surface area contributed by atoms with Crippen LogP contribution < -0.4 is 10.6 Å². The van der Waals surface area contributed by atoms with E-state index >= 15 is 4.79 Å². The van der Waals surface area contributed by atoms with Gasteiger partial charge in [-0.05, 0) is 104 Å². The number of nitrogens with zero attached hydrogens (tertiary/aromatic N) is 1. The number of nitrogens with one attached hydrogen (secondary N) is 2. The lowest BCUT2D eigenvalue weighted by Crippen LogP contribution is -2.54. The van der Waals surface area contributed by atoms with E-state index in [2.05, 4.69) is 47.9 Å². The number of allylic oxidation sites excluding steroid dienone is 6. The largest absolute Gasteiger partial charge is 0.427 e. The SMILES string of the molecule is CCC1(/C=C2\OC(=O)C3=C2CC[C@H]2[C@@H]4CC[C@@]5(C6=C4[C@@H](CN4C(=O)C=CC4=O)C4=CCNC7=C4C=C[C@H](N7)SSC[C@H](C4CCCCC4)C/C=C/5OC6=O)[C@@H]32)CCCC1. The van der Waals surface area contributed by atoms with E-state index in [1.54, 1.807) is 0 Å². The van der Waals surface area contributed by atoms with E-state index in [0.717, 1.165) is 95.9 Å². The van der Waals surface area contributed by atoms with Crippen LogP contribution in [0.2, 0.25) is 0 Å². The van der Waals surface area contributed by atoms with Crippen molar-refractivity contribution in [3.05, 3.63) is 93.3 Å². The molecule has 7 aliphatic heterocycles. The molecule has 0 aromatic heterocycles. The number of carbonyl (C=O) groups is 4. The fraction of sp³-hybridized carbons (Fsp3) is 0.583. The molecule has 0 radical (unpaired) electrons. The Balaban J connectivity index is 1.12. The summed E-state index contributed by atoms with van der Waals surface area (Å²) in [6.07, 6.45) is 29.8. The normalized spacial score (nSPS) is 37.7. The molecule has 0 unspecified atom stereocenters. The van der Waals surface area contributed by atoms with Crippen molar-refractivity contribution in [1.29, 1.82) is 0 Å². The standard InChI is InChI=1S/C48H55N3O6S2/c1-2-47(20-6-7-21-47)24-35-33-12-11-31-30-18-22-48(42(31)41(33)45(54)56-35)36-14-10-28(27-8-4-3-5-9-27)26-58-59-37-15-13-32-29(19-23-49-44(32)50-37)34(40(30)43(48)46(55)57-36)25-51-38(52)16-17-39(51)53/h13-17,19,24,27-28,30-31,34,37,42,49-50H,2-12,18,20-23,25-26H2,1H3/b35-24-,36-14-/t28-,30+,31+,34+,37-,42-,48+/m1/s1. The van der Waals surface area contributed by atoms with Gasteiger partial charge in [-0.2, -0.15) is 0 Å². The molecule has 0 aromatic rings. The van der Waals surface area contributed by atoms with E-state index in [9.17, 15) is 14.4 Å². The molecule has 6 aliphatic carbocycles. The molecule has 9 bridgehead atoms. The third kappa shape index (κ3) is 6.00. The highest BCUT2D eigenvalue weighted by molar-refractivity contribution is 8.77. The summed E-state index contributed by atoms with van der Waals surface area (Å²) in [5.74, 6) is 2.61. The number of ether oxygens (including phenoxy) is 2. The van der Waals surface area contributed by atoms with Crippen molar-refractivity contribution in [2.75, 3.05) is 18.8 Å². The Morgan fingerprint density at radius 2 is 1.71 bits per heavy atom. The monoisotopic (exact) mass is 833 g/mol. The van der Waals surface area contributed by atoms with Crippen molar-refractivity contribution in [3.8, 4) is 0 Å². The van der Waals surface area contributed by atoms with Gasteiger partial charge in [-0.1, -0.05) is 91.7 Å². The van der Waals surface area contributed by atoms with Crippen LogP contribution in [0.3, 0.4) is 0 Å². The lowest BCUT2D eigenvalue weighted by molar-refractivity contribution is -0.138. The van der Waals surface area contributed by atoms with Crippen LogP contribution in [0.4, 0.5) is 0 Å². The summed E-state index contributed by atoms with van der Waals surface area (Å²) in [7, 11) is 3.78. The number of hydrogen-bond donors (Lipinski definition) is 2. The summed E-state index contributed by atoms with van der Waals surface area (Å²) < 4.78 is 13.1. The minimum atomic E-state index is -0.834. The minimum absolute atomic E-state index is 0.0322. The number of hydrogen-bond acceptors (Lipinski definition) is 10. The van der Waals surface area contributed by atoms with Crippen LogP contribution in [-0.4, -0.2) is 52.9 Å². The highest BCUT2D eigenvalue weighted by Crippen LogP contribution is 2.72. The van der Waals surface area contributed by atoms with Crippen molar-refractivity contribution in [2.45, 2.75) is 109 Å². The molecule has 2 N–H and O–H groups in total. The van der Waals surface area contributed by atoms with Crippen LogP contribution >= 0.6 is 21.6 Å². The quantitative estimate of drug-likeness (QED) is 0.159. The topological polar surface area (TPSA) is 114 Å². The maximum absolute atomic E-state index is 15.1. The van der Waals surface area contributed by atoms with E-state index in [1.165, 1.54) is 62.0 Å². The lowest BCUT2D eigenvalue weighted by atomic mass is 9.43. The fourth-order valence-electron chi connectivity index (χ4n) is 13.6. The number of dihydropyridines is 2. The number of cyclic esters (lactones) is 1. The Morgan fingerprint density at radius 1 is 0.898 bits per heavy atom. The molecule has 1 spiro atoms. The Labute approximate surface area is 355 Å². The van der Waals surface area contributed by atoms with E-state index in [-0.39, 0.29) is 58.8 Å². The van der Waals surface area contributed by atoms with E-state index in [1.807, 2.05) is 21.6 Å². The van der Waals surface area contributed by atoms with Crippen LogP contribution in [0.1, 0.15) is 103 Å². The molecule has 7 heterocycles. The van der Waals surface area contributed by atoms with Crippen molar-refractivity contribution in [2.24, 2.45) is 46.3 Å². The van der Waals surface area contributed by atoms with Crippen LogP contribution in [0.25, 0.3) is 0 Å². The zero-order valence-electron chi connectivity index (χ0n) is 34.0. The zero-order valence-corrected chi connectivity index (χ0v) is 35.7. The molecule has 11 heteroatoms. The predicted octanol–water partition coefficient (Wildman–Crippen LogP) is 8.62. The van der Waals surface area contributed by atoms with Gasteiger partial charge in [0.2, 0.25) is 0 Å². The van der Waals surface area contributed by atoms with Gasteiger partial charge in [-0.25, -0.2) is 9.59 Å². The molecule has 13 aliphatic rings. The average molecular weight is 834 g/mol. The lowest BCUT2D eigenvalue weighted by Gasteiger charge is -2.57. The van der Waals surface area contributed by atoms with Gasteiger partial charge < -0.3 is 20.1 Å². The predicted molar refractivity (Wildman–Crippen MR) is 228 cm³/mol. The summed E-state index contributed by atoms with van der Waals surface area (Å²) in [6, 6.07) is 0. The summed E-state index contributed by atoms with van der Waals surface area (Å²) in [4.78, 5) is 57.7. The van der Waals surface area contributed by atoms with Crippen molar-refractivity contribution >= 4 is 45.3 Å². The summed E-state index contributed by atoms with van der Waals surface area (Å²) in [5.41, 5.74) is 4.75. The molecular formula is C48H55N3O6S2. The molecule has 0 aromatic carbocycles. The van der Waals surface area contributed by atoms with E-state index in [0.29, 0.717) is 30.4 Å². The average Bonchev–Trinajstić information content (AvgIpc) is 4.02. The van der Waals surface area contributed by atoms with Gasteiger partial charge in [0.25, 0.3) is 11.8 Å². The molecular weight excluding hydrogens is 779 g/mol. The van der Waals surface area contributed by atoms with Gasteiger partial charge in [-0.15, -0.1) is 0 Å². The van der Waals surface area contributed by atoms with Gasteiger partial charge in [0, 0.05) is 59.5 Å².